The number of carbonyl (C=O) groups excluding carboxylic acids is 1. The van der Waals surface area contributed by atoms with Crippen molar-refractivity contribution in [1.29, 1.82) is 0 Å². The molecule has 1 aromatic rings. The molecule has 0 bridgehead atoms. The predicted molar refractivity (Wildman–Crippen MR) is 53.7 cm³/mol. The van der Waals surface area contributed by atoms with Gasteiger partial charge in [0.2, 0.25) is 0 Å². The number of aromatic hydroxyl groups is 1. The summed E-state index contributed by atoms with van der Waals surface area (Å²) in [4.78, 5) is 10.9. The number of ether oxygens (including phenoxy) is 1. The Kier molecular flexibility index (Phi) is 3.85. The first-order valence-electron chi connectivity index (χ1n) is 4.47. The SMILES string of the molecule is CCOC(=O)/C=C/c1ccc(O)cc1F. The van der Waals surface area contributed by atoms with E-state index < -0.39 is 11.8 Å². The van der Waals surface area contributed by atoms with Crippen LogP contribution >= 0.6 is 0 Å². The van der Waals surface area contributed by atoms with Crippen LogP contribution in [0.15, 0.2) is 24.3 Å². The topological polar surface area (TPSA) is 46.5 Å². The molecule has 3 nitrogen and oxygen atoms in total. The summed E-state index contributed by atoms with van der Waals surface area (Å²) in [5.74, 6) is -1.26. The maximum absolute atomic E-state index is 13.1. The second-order valence-electron chi connectivity index (χ2n) is 2.79. The summed E-state index contributed by atoms with van der Waals surface area (Å²) in [6, 6.07) is 3.69. The van der Waals surface area contributed by atoms with Crippen LogP contribution in [0.1, 0.15) is 12.5 Å². The highest BCUT2D eigenvalue weighted by Gasteiger charge is 2.00. The van der Waals surface area contributed by atoms with Crippen LogP contribution < -0.4 is 0 Å². The molecule has 0 heterocycles. The van der Waals surface area contributed by atoms with Crippen LogP contribution in [-0.2, 0) is 9.53 Å². The zero-order valence-electron chi connectivity index (χ0n) is 8.24. The average molecular weight is 210 g/mol. The molecule has 80 valence electrons. The Bertz CT molecular complexity index is 385. The van der Waals surface area contributed by atoms with E-state index in [1.54, 1.807) is 6.92 Å². The maximum Gasteiger partial charge on any atom is 0.330 e. The molecule has 0 unspecified atom stereocenters. The van der Waals surface area contributed by atoms with Crippen LogP contribution in [0, 0.1) is 5.82 Å². The van der Waals surface area contributed by atoms with Gasteiger partial charge in [0.1, 0.15) is 11.6 Å². The lowest BCUT2D eigenvalue weighted by molar-refractivity contribution is -0.137. The fraction of sp³-hybridized carbons (Fsp3) is 0.182. The van der Waals surface area contributed by atoms with Crippen molar-refractivity contribution in [3.63, 3.8) is 0 Å². The van der Waals surface area contributed by atoms with Crippen LogP contribution in [0.5, 0.6) is 5.75 Å². The molecule has 0 amide bonds. The first kappa shape index (κ1) is 11.2. The minimum absolute atomic E-state index is 0.152. The monoisotopic (exact) mass is 210 g/mol. The largest absolute Gasteiger partial charge is 0.508 e. The molecule has 1 rings (SSSR count). The van der Waals surface area contributed by atoms with Crippen LogP contribution in [0.4, 0.5) is 4.39 Å². The van der Waals surface area contributed by atoms with Crippen LogP contribution in [0.3, 0.4) is 0 Å². The number of esters is 1. The van der Waals surface area contributed by atoms with E-state index in [4.69, 9.17) is 5.11 Å². The Hall–Kier alpha value is -1.84. The zero-order valence-corrected chi connectivity index (χ0v) is 8.24. The highest BCUT2D eigenvalue weighted by molar-refractivity contribution is 5.87. The summed E-state index contributed by atoms with van der Waals surface area (Å²) >= 11 is 0. The van der Waals surface area contributed by atoms with Crippen molar-refractivity contribution in [1.82, 2.24) is 0 Å². The Morgan fingerprint density at radius 2 is 2.33 bits per heavy atom. The third kappa shape index (κ3) is 3.42. The van der Waals surface area contributed by atoms with Gasteiger partial charge in [0.15, 0.2) is 0 Å². The molecule has 0 radical (unpaired) electrons. The lowest BCUT2D eigenvalue weighted by Crippen LogP contribution is -1.98. The van der Waals surface area contributed by atoms with Crippen molar-refractivity contribution in [2.24, 2.45) is 0 Å². The summed E-state index contributed by atoms with van der Waals surface area (Å²) in [6.07, 6.45) is 2.44. The maximum atomic E-state index is 13.1. The highest BCUT2D eigenvalue weighted by atomic mass is 19.1. The van der Waals surface area contributed by atoms with Crippen molar-refractivity contribution >= 4 is 12.0 Å². The van der Waals surface area contributed by atoms with E-state index in [1.807, 2.05) is 0 Å². The summed E-state index contributed by atoms with van der Waals surface area (Å²) in [7, 11) is 0. The fourth-order valence-electron chi connectivity index (χ4n) is 0.999. The van der Waals surface area contributed by atoms with Gasteiger partial charge in [0.05, 0.1) is 6.61 Å². The van der Waals surface area contributed by atoms with Crippen LogP contribution in [-0.4, -0.2) is 17.7 Å². The molecule has 0 saturated heterocycles. The van der Waals surface area contributed by atoms with E-state index in [-0.39, 0.29) is 17.9 Å². The predicted octanol–water partition coefficient (Wildman–Crippen LogP) is 2.11. The van der Waals surface area contributed by atoms with Crippen molar-refractivity contribution in [2.45, 2.75) is 6.92 Å². The number of phenols is 1. The molecule has 0 aliphatic carbocycles. The minimum Gasteiger partial charge on any atom is -0.508 e. The summed E-state index contributed by atoms with van der Waals surface area (Å²) < 4.78 is 17.8. The number of phenolic OH excluding ortho intramolecular Hbond substituents is 1. The van der Waals surface area contributed by atoms with E-state index in [0.29, 0.717) is 0 Å². The Labute approximate surface area is 86.8 Å². The van der Waals surface area contributed by atoms with Gasteiger partial charge < -0.3 is 9.84 Å². The first-order valence-corrected chi connectivity index (χ1v) is 4.47. The van der Waals surface area contributed by atoms with Gasteiger partial charge in [-0.3, -0.25) is 0 Å². The molecule has 1 aromatic carbocycles. The Balaban J connectivity index is 2.76. The molecule has 0 aliphatic rings. The van der Waals surface area contributed by atoms with Gasteiger partial charge in [-0.15, -0.1) is 0 Å². The van der Waals surface area contributed by atoms with Gasteiger partial charge >= 0.3 is 5.97 Å². The average Bonchev–Trinajstić information content (AvgIpc) is 2.17. The van der Waals surface area contributed by atoms with Crippen LogP contribution in [0.25, 0.3) is 6.08 Å². The second kappa shape index (κ2) is 5.14. The third-order valence-corrected chi connectivity index (χ3v) is 1.67. The van der Waals surface area contributed by atoms with Gasteiger partial charge in [-0.2, -0.15) is 0 Å². The molecule has 0 aromatic heterocycles. The lowest BCUT2D eigenvalue weighted by atomic mass is 10.2. The molecule has 1 N–H and O–H groups in total. The summed E-state index contributed by atoms with van der Waals surface area (Å²) in [5, 5.41) is 8.94. The summed E-state index contributed by atoms with van der Waals surface area (Å²) in [5.41, 5.74) is 0.223. The van der Waals surface area contributed by atoms with E-state index in [9.17, 15) is 9.18 Å². The fourth-order valence-corrected chi connectivity index (χ4v) is 0.999. The van der Waals surface area contributed by atoms with Crippen LogP contribution in [0.2, 0.25) is 0 Å². The molecule has 0 saturated carbocycles. The number of carbonyl (C=O) groups is 1. The van der Waals surface area contributed by atoms with Crippen molar-refractivity contribution in [3.8, 4) is 5.75 Å². The quantitative estimate of drug-likeness (QED) is 0.614. The highest BCUT2D eigenvalue weighted by Crippen LogP contribution is 2.15. The van der Waals surface area contributed by atoms with Gasteiger partial charge in [0, 0.05) is 17.7 Å². The van der Waals surface area contributed by atoms with E-state index in [0.717, 1.165) is 12.1 Å². The smallest absolute Gasteiger partial charge is 0.330 e. The molecule has 0 spiro atoms. The molecule has 15 heavy (non-hydrogen) atoms. The Morgan fingerprint density at radius 3 is 2.93 bits per heavy atom. The standard InChI is InChI=1S/C11H11FO3/c1-2-15-11(14)6-4-8-3-5-9(13)7-10(8)12/h3-7,13H,2H2,1H3/b6-4+. The van der Waals surface area contributed by atoms with Crippen molar-refractivity contribution < 1.29 is 19.0 Å². The van der Waals surface area contributed by atoms with E-state index in [2.05, 4.69) is 4.74 Å². The minimum atomic E-state index is -0.587. The molecular weight excluding hydrogens is 199 g/mol. The number of hydrogen-bond acceptors (Lipinski definition) is 3. The summed E-state index contributed by atoms with van der Waals surface area (Å²) in [6.45, 7) is 1.97. The zero-order chi connectivity index (χ0) is 11.3. The van der Waals surface area contributed by atoms with Crippen molar-refractivity contribution in [3.05, 3.63) is 35.7 Å². The molecule has 4 heteroatoms. The van der Waals surface area contributed by atoms with E-state index >= 15 is 0 Å². The third-order valence-electron chi connectivity index (χ3n) is 1.67. The number of hydrogen-bond donors (Lipinski definition) is 1. The first-order chi connectivity index (χ1) is 7.13. The molecular formula is C11H11FO3. The molecule has 0 atom stereocenters. The molecule has 0 aliphatic heterocycles. The molecule has 0 fully saturated rings. The van der Waals surface area contributed by atoms with Gasteiger partial charge in [0.25, 0.3) is 0 Å². The van der Waals surface area contributed by atoms with Crippen molar-refractivity contribution in [2.75, 3.05) is 6.61 Å². The van der Waals surface area contributed by atoms with Gasteiger partial charge in [-0.05, 0) is 25.1 Å². The second-order valence-corrected chi connectivity index (χ2v) is 2.79. The van der Waals surface area contributed by atoms with E-state index in [1.165, 1.54) is 18.2 Å². The Morgan fingerprint density at radius 1 is 1.60 bits per heavy atom. The lowest BCUT2D eigenvalue weighted by Gasteiger charge is -1.98. The number of benzene rings is 1. The van der Waals surface area contributed by atoms with Gasteiger partial charge in [-0.1, -0.05) is 0 Å². The number of rotatable bonds is 3. The number of halogens is 1. The van der Waals surface area contributed by atoms with Gasteiger partial charge in [-0.25, -0.2) is 9.18 Å². The normalized spacial score (nSPS) is 10.5.